The predicted octanol–water partition coefficient (Wildman–Crippen LogP) is 2.65. The van der Waals surface area contributed by atoms with Crippen LogP contribution in [-0.2, 0) is 6.42 Å². The van der Waals surface area contributed by atoms with Crippen molar-refractivity contribution in [2.24, 2.45) is 0 Å². The molecule has 0 fully saturated rings. The van der Waals surface area contributed by atoms with Gasteiger partial charge in [-0.3, -0.25) is 4.79 Å². The Morgan fingerprint density at radius 2 is 2.24 bits per heavy atom. The lowest BCUT2D eigenvalue weighted by Crippen LogP contribution is -2.28. The number of hydrogen-bond donors (Lipinski definition) is 0. The number of carbonyl (C=O) groups is 1. The van der Waals surface area contributed by atoms with Gasteiger partial charge in [0, 0.05) is 23.3 Å². The molecule has 0 N–H and O–H groups in total. The monoisotopic (exact) mass is 244 g/mol. The maximum Gasteiger partial charge on any atom is 0.287 e. The van der Waals surface area contributed by atoms with E-state index in [4.69, 9.17) is 0 Å². The smallest absolute Gasteiger partial charge is 0.287 e. The van der Waals surface area contributed by atoms with Crippen molar-refractivity contribution >= 4 is 22.9 Å². The Labute approximate surface area is 104 Å². The molecule has 0 saturated heterocycles. The first kappa shape index (κ1) is 10.5. The molecule has 0 saturated carbocycles. The highest BCUT2D eigenvalue weighted by molar-refractivity contribution is 7.11. The summed E-state index contributed by atoms with van der Waals surface area (Å²) in [6.45, 7) is 2.67. The van der Waals surface area contributed by atoms with E-state index in [2.05, 4.69) is 11.1 Å². The Morgan fingerprint density at radius 3 is 3.00 bits per heavy atom. The minimum atomic E-state index is 0.0213. The van der Waals surface area contributed by atoms with Crippen LogP contribution < -0.4 is 4.90 Å². The van der Waals surface area contributed by atoms with E-state index in [1.54, 1.807) is 0 Å². The quantitative estimate of drug-likeness (QED) is 0.772. The molecule has 0 spiro atoms. The summed E-state index contributed by atoms with van der Waals surface area (Å²) in [5, 5.41) is 2.49. The van der Waals surface area contributed by atoms with Gasteiger partial charge in [-0.15, -0.1) is 11.3 Å². The van der Waals surface area contributed by atoms with Gasteiger partial charge in [0.25, 0.3) is 5.91 Å². The standard InChI is InChI=1S/C13H12N2OS/c1-9-8-17-12(14-9)13(16)15-7-6-10-4-2-3-5-11(10)15/h2-5,8H,6-7H2,1H3. The van der Waals surface area contributed by atoms with Crippen LogP contribution in [0.2, 0.25) is 0 Å². The van der Waals surface area contributed by atoms with Gasteiger partial charge < -0.3 is 4.90 Å². The Hall–Kier alpha value is -1.68. The molecule has 1 aliphatic rings. The molecule has 2 heterocycles. The van der Waals surface area contributed by atoms with Crippen molar-refractivity contribution in [2.75, 3.05) is 11.4 Å². The normalized spacial score (nSPS) is 13.8. The van der Waals surface area contributed by atoms with Crippen molar-refractivity contribution in [2.45, 2.75) is 13.3 Å². The van der Waals surface area contributed by atoms with Crippen LogP contribution in [-0.4, -0.2) is 17.4 Å². The molecule has 0 unspecified atom stereocenters. The number of aromatic nitrogens is 1. The molecule has 3 nitrogen and oxygen atoms in total. The molecule has 1 amide bonds. The van der Waals surface area contributed by atoms with Gasteiger partial charge >= 0.3 is 0 Å². The van der Waals surface area contributed by atoms with Gasteiger partial charge in [0.15, 0.2) is 5.01 Å². The highest BCUT2D eigenvalue weighted by atomic mass is 32.1. The molecule has 1 aromatic carbocycles. The third-order valence-corrected chi connectivity index (χ3v) is 3.88. The number of anilines is 1. The fourth-order valence-electron chi connectivity index (χ4n) is 2.12. The van der Waals surface area contributed by atoms with Gasteiger partial charge in [0.05, 0.1) is 0 Å². The number of nitrogens with zero attached hydrogens (tertiary/aromatic N) is 2. The average Bonchev–Trinajstić information content (AvgIpc) is 2.94. The van der Waals surface area contributed by atoms with Gasteiger partial charge in [0.2, 0.25) is 0 Å². The van der Waals surface area contributed by atoms with Crippen molar-refractivity contribution in [1.82, 2.24) is 4.98 Å². The number of benzene rings is 1. The maximum atomic E-state index is 12.3. The van der Waals surface area contributed by atoms with E-state index < -0.39 is 0 Å². The number of hydrogen-bond acceptors (Lipinski definition) is 3. The SMILES string of the molecule is Cc1csc(C(=O)N2CCc3ccccc32)n1. The molecule has 0 radical (unpaired) electrons. The second-order valence-electron chi connectivity index (χ2n) is 4.13. The van der Waals surface area contributed by atoms with E-state index in [0.717, 1.165) is 24.3 Å². The summed E-state index contributed by atoms with van der Waals surface area (Å²) in [5.74, 6) is 0.0213. The summed E-state index contributed by atoms with van der Waals surface area (Å²) >= 11 is 1.42. The molecular formula is C13H12N2OS. The molecular weight excluding hydrogens is 232 g/mol. The van der Waals surface area contributed by atoms with Crippen molar-refractivity contribution in [3.63, 3.8) is 0 Å². The van der Waals surface area contributed by atoms with Crippen LogP contribution in [0.1, 0.15) is 21.1 Å². The predicted molar refractivity (Wildman–Crippen MR) is 68.7 cm³/mol. The van der Waals surface area contributed by atoms with Gasteiger partial charge in [0.1, 0.15) is 0 Å². The zero-order valence-corrected chi connectivity index (χ0v) is 10.3. The number of carbonyl (C=O) groups excluding carboxylic acids is 1. The van der Waals surface area contributed by atoms with E-state index in [1.165, 1.54) is 16.9 Å². The van der Waals surface area contributed by atoms with E-state index in [-0.39, 0.29) is 5.91 Å². The first-order valence-electron chi connectivity index (χ1n) is 5.57. The molecule has 17 heavy (non-hydrogen) atoms. The minimum Gasteiger partial charge on any atom is -0.306 e. The van der Waals surface area contributed by atoms with E-state index >= 15 is 0 Å². The van der Waals surface area contributed by atoms with Crippen LogP contribution in [0.5, 0.6) is 0 Å². The summed E-state index contributed by atoms with van der Waals surface area (Å²) in [5.41, 5.74) is 3.19. The van der Waals surface area contributed by atoms with Crippen molar-refractivity contribution < 1.29 is 4.79 Å². The van der Waals surface area contributed by atoms with Crippen molar-refractivity contribution in [3.05, 3.63) is 45.9 Å². The highest BCUT2D eigenvalue weighted by Crippen LogP contribution is 2.29. The number of amides is 1. The summed E-state index contributed by atoms with van der Waals surface area (Å²) in [6.07, 6.45) is 0.937. The van der Waals surface area contributed by atoms with E-state index in [0.29, 0.717) is 5.01 Å². The minimum absolute atomic E-state index is 0.0213. The molecule has 1 aromatic heterocycles. The molecule has 4 heteroatoms. The molecule has 0 aliphatic carbocycles. The lowest BCUT2D eigenvalue weighted by molar-refractivity contribution is 0.0989. The van der Waals surface area contributed by atoms with Gasteiger partial charge in [-0.2, -0.15) is 0 Å². The third kappa shape index (κ3) is 1.74. The van der Waals surface area contributed by atoms with Crippen LogP contribution in [0.3, 0.4) is 0 Å². The fraction of sp³-hybridized carbons (Fsp3) is 0.231. The van der Waals surface area contributed by atoms with Gasteiger partial charge in [-0.1, -0.05) is 18.2 Å². The lowest BCUT2D eigenvalue weighted by atomic mass is 10.2. The lowest BCUT2D eigenvalue weighted by Gasteiger charge is -2.15. The van der Waals surface area contributed by atoms with Crippen LogP contribution in [0.4, 0.5) is 5.69 Å². The fourth-order valence-corrected chi connectivity index (χ4v) is 2.86. The molecule has 2 aromatic rings. The van der Waals surface area contributed by atoms with Crippen LogP contribution in [0.25, 0.3) is 0 Å². The Kier molecular flexibility index (Phi) is 2.44. The number of para-hydroxylation sites is 1. The Bertz CT molecular complexity index is 576. The Morgan fingerprint density at radius 1 is 1.41 bits per heavy atom. The van der Waals surface area contributed by atoms with E-state index in [1.807, 2.05) is 35.4 Å². The summed E-state index contributed by atoms with van der Waals surface area (Å²) in [7, 11) is 0. The molecule has 3 rings (SSSR count). The number of fused-ring (bicyclic) bond motifs is 1. The molecule has 86 valence electrons. The van der Waals surface area contributed by atoms with E-state index in [9.17, 15) is 4.79 Å². The van der Waals surface area contributed by atoms with Crippen molar-refractivity contribution in [1.29, 1.82) is 0 Å². The first-order chi connectivity index (χ1) is 8.25. The van der Waals surface area contributed by atoms with Crippen LogP contribution in [0, 0.1) is 6.92 Å². The number of thiazole rings is 1. The van der Waals surface area contributed by atoms with Crippen molar-refractivity contribution in [3.8, 4) is 0 Å². The summed E-state index contributed by atoms with van der Waals surface area (Å²) in [6, 6.07) is 8.06. The second kappa shape index (κ2) is 3.96. The Balaban J connectivity index is 1.95. The molecule has 0 atom stereocenters. The zero-order chi connectivity index (χ0) is 11.8. The van der Waals surface area contributed by atoms with Gasteiger partial charge in [-0.25, -0.2) is 4.98 Å². The van der Waals surface area contributed by atoms with Crippen LogP contribution in [0.15, 0.2) is 29.6 Å². The average molecular weight is 244 g/mol. The first-order valence-corrected chi connectivity index (χ1v) is 6.45. The third-order valence-electron chi connectivity index (χ3n) is 2.93. The second-order valence-corrected chi connectivity index (χ2v) is 4.99. The number of rotatable bonds is 1. The summed E-state index contributed by atoms with van der Waals surface area (Å²) in [4.78, 5) is 18.4. The number of aryl methyl sites for hydroxylation is 1. The highest BCUT2D eigenvalue weighted by Gasteiger charge is 2.26. The maximum absolute atomic E-state index is 12.3. The van der Waals surface area contributed by atoms with Gasteiger partial charge in [-0.05, 0) is 25.0 Å². The largest absolute Gasteiger partial charge is 0.306 e. The van der Waals surface area contributed by atoms with Crippen LogP contribution >= 0.6 is 11.3 Å². The molecule has 1 aliphatic heterocycles. The molecule has 0 bridgehead atoms. The zero-order valence-electron chi connectivity index (χ0n) is 9.51. The topological polar surface area (TPSA) is 33.2 Å². The summed E-state index contributed by atoms with van der Waals surface area (Å²) < 4.78 is 0.